The molecule has 194 valence electrons. The molecule has 0 spiro atoms. The molecule has 6 atom stereocenters. The highest BCUT2D eigenvalue weighted by Crippen LogP contribution is 2.57. The Morgan fingerprint density at radius 3 is 2.83 bits per heavy atom. The van der Waals surface area contributed by atoms with E-state index in [9.17, 15) is 9.90 Å². The first-order valence-corrected chi connectivity index (χ1v) is 13.3. The lowest BCUT2D eigenvalue weighted by Gasteiger charge is -2.53. The van der Waals surface area contributed by atoms with Gasteiger partial charge in [0.1, 0.15) is 11.5 Å². The fourth-order valence-electron chi connectivity index (χ4n) is 6.37. The molecule has 8 heteroatoms. The number of aliphatic hydroxyl groups excluding tert-OH is 1. The number of nitrogens with one attached hydrogen (secondary N) is 1. The fraction of sp³-hybridized carbons (Fsp3) is 0.571. The summed E-state index contributed by atoms with van der Waals surface area (Å²) < 4.78 is 10.9. The first-order valence-electron chi connectivity index (χ1n) is 12.5. The maximum absolute atomic E-state index is 13.0. The third-order valence-electron chi connectivity index (χ3n) is 8.31. The molecule has 0 unspecified atom stereocenters. The van der Waals surface area contributed by atoms with Gasteiger partial charge < -0.3 is 24.8 Å². The van der Waals surface area contributed by atoms with Gasteiger partial charge in [-0.15, -0.1) is 17.8 Å². The lowest BCUT2D eigenvalue weighted by atomic mass is 9.53. The van der Waals surface area contributed by atoms with Crippen molar-refractivity contribution in [2.24, 2.45) is 23.2 Å². The normalized spacial score (nSPS) is 27.7. The monoisotopic (exact) mass is 511 g/mol. The predicted octanol–water partition coefficient (Wildman–Crippen LogP) is 4.68. The smallest absolute Gasteiger partial charge is 0.226 e. The van der Waals surface area contributed by atoms with Crippen LogP contribution in [0.15, 0.2) is 18.2 Å². The summed E-state index contributed by atoms with van der Waals surface area (Å²) in [7, 11) is 5.01. The van der Waals surface area contributed by atoms with Crippen LogP contribution in [0.2, 0.25) is 0 Å². The summed E-state index contributed by atoms with van der Waals surface area (Å²) in [5, 5.41) is 15.9. The molecule has 0 bridgehead atoms. The fourth-order valence-corrected chi connectivity index (χ4v) is 7.65. The Hall–Kier alpha value is -2.76. The van der Waals surface area contributed by atoms with Crippen molar-refractivity contribution in [1.29, 1.82) is 0 Å². The average molecular weight is 512 g/mol. The summed E-state index contributed by atoms with van der Waals surface area (Å²) in [4.78, 5) is 20.8. The molecule has 0 radical (unpaired) electrons. The van der Waals surface area contributed by atoms with Gasteiger partial charge in [-0.2, -0.15) is 0 Å². The summed E-state index contributed by atoms with van der Waals surface area (Å²) in [6, 6.07) is 5.62. The third kappa shape index (κ3) is 4.67. The zero-order valence-electron chi connectivity index (χ0n) is 22.0. The number of aliphatic hydroxyl groups is 1. The molecule has 4 rings (SSSR count). The highest BCUT2D eigenvalue weighted by Gasteiger charge is 2.54. The third-order valence-corrected chi connectivity index (χ3v) is 9.29. The largest absolute Gasteiger partial charge is 0.497 e. The van der Waals surface area contributed by atoms with E-state index >= 15 is 0 Å². The minimum atomic E-state index is -0.582. The standard InChI is InChI=1S/C28H37N3O4S/c1-8-13-31(5)26(33)16(2)19-11-12-28(4)15-22-24(17(3)23(28)25(19)32)30-27(36-22)29-20-14-18(34-6)9-10-21(20)35-7/h1,9-10,14,16-17,19,23,25,32H,11-13,15H2,2-7H3,(H,29,30)/t16-,17-,19-,23+,25-,28-/m0/s1. The summed E-state index contributed by atoms with van der Waals surface area (Å²) >= 11 is 1.66. The molecule has 1 aromatic heterocycles. The molecule has 2 aliphatic carbocycles. The van der Waals surface area contributed by atoms with Crippen LogP contribution in [0.25, 0.3) is 0 Å². The number of terminal acetylenes is 1. The number of methoxy groups -OCH3 is 2. The van der Waals surface area contributed by atoms with Gasteiger partial charge in [0.05, 0.1) is 38.2 Å². The second-order valence-corrected chi connectivity index (χ2v) is 11.6. The van der Waals surface area contributed by atoms with Crippen LogP contribution in [0.3, 0.4) is 0 Å². The van der Waals surface area contributed by atoms with E-state index in [0.29, 0.717) is 5.75 Å². The first kappa shape index (κ1) is 26.3. The number of nitrogens with zero attached hydrogens (tertiary/aromatic N) is 2. The number of carbonyl (C=O) groups excluding carboxylic acids is 1. The van der Waals surface area contributed by atoms with Crippen LogP contribution in [-0.2, 0) is 11.2 Å². The number of thiazole rings is 1. The Morgan fingerprint density at radius 2 is 2.17 bits per heavy atom. The van der Waals surface area contributed by atoms with Gasteiger partial charge in [-0.1, -0.05) is 26.7 Å². The van der Waals surface area contributed by atoms with Gasteiger partial charge >= 0.3 is 0 Å². The van der Waals surface area contributed by atoms with Gasteiger partial charge in [-0.3, -0.25) is 4.79 Å². The maximum atomic E-state index is 13.0. The number of benzene rings is 1. The predicted molar refractivity (Wildman–Crippen MR) is 143 cm³/mol. The van der Waals surface area contributed by atoms with Crippen LogP contribution in [-0.4, -0.2) is 54.8 Å². The van der Waals surface area contributed by atoms with Crippen LogP contribution >= 0.6 is 11.3 Å². The highest BCUT2D eigenvalue weighted by molar-refractivity contribution is 7.15. The number of aromatic nitrogens is 1. The van der Waals surface area contributed by atoms with Crippen LogP contribution in [0.5, 0.6) is 11.5 Å². The van der Waals surface area contributed by atoms with Crippen LogP contribution in [0, 0.1) is 35.5 Å². The number of carbonyl (C=O) groups is 1. The molecule has 1 amide bonds. The second kappa shape index (κ2) is 10.3. The van der Waals surface area contributed by atoms with Crippen molar-refractivity contribution < 1.29 is 19.4 Å². The molecule has 7 nitrogen and oxygen atoms in total. The molecule has 36 heavy (non-hydrogen) atoms. The molecule has 2 aromatic rings. The quantitative estimate of drug-likeness (QED) is 0.525. The number of hydrogen-bond donors (Lipinski definition) is 2. The van der Waals surface area contributed by atoms with Crippen molar-refractivity contribution in [2.45, 2.75) is 52.1 Å². The van der Waals surface area contributed by atoms with Gasteiger partial charge in [0, 0.05) is 29.8 Å². The molecular formula is C28H37N3O4S. The summed E-state index contributed by atoms with van der Waals surface area (Å²) in [5.41, 5.74) is 1.78. The average Bonchev–Trinajstić information content (AvgIpc) is 3.25. The van der Waals surface area contributed by atoms with E-state index in [2.05, 4.69) is 25.1 Å². The Morgan fingerprint density at radius 1 is 1.42 bits per heavy atom. The van der Waals surface area contributed by atoms with Crippen molar-refractivity contribution in [3.8, 4) is 23.8 Å². The molecule has 1 aromatic carbocycles. The van der Waals surface area contributed by atoms with Crippen molar-refractivity contribution in [3.05, 3.63) is 28.8 Å². The van der Waals surface area contributed by atoms with E-state index in [4.69, 9.17) is 20.9 Å². The second-order valence-electron chi connectivity index (χ2n) is 10.5. The lowest BCUT2D eigenvalue weighted by molar-refractivity contribution is -0.142. The lowest BCUT2D eigenvalue weighted by Crippen LogP contribution is -2.53. The minimum Gasteiger partial charge on any atom is -0.497 e. The van der Waals surface area contributed by atoms with Crippen molar-refractivity contribution in [1.82, 2.24) is 9.88 Å². The Balaban J connectivity index is 1.59. The Kier molecular flexibility index (Phi) is 7.53. The van der Waals surface area contributed by atoms with Gasteiger partial charge in [-0.25, -0.2) is 4.98 Å². The van der Waals surface area contributed by atoms with E-state index in [1.807, 2.05) is 25.1 Å². The Labute approximate surface area is 218 Å². The van der Waals surface area contributed by atoms with Crippen LogP contribution in [0.1, 0.15) is 50.1 Å². The summed E-state index contributed by atoms with van der Waals surface area (Å²) in [6.07, 6.45) is 7.47. The molecule has 0 aliphatic heterocycles. The maximum Gasteiger partial charge on any atom is 0.226 e. The van der Waals surface area contributed by atoms with E-state index in [-0.39, 0.29) is 41.5 Å². The summed E-state index contributed by atoms with van der Waals surface area (Å²) in [5.74, 6) is 3.69. The number of rotatable bonds is 7. The van der Waals surface area contributed by atoms with Crippen molar-refractivity contribution in [3.63, 3.8) is 0 Å². The van der Waals surface area contributed by atoms with Crippen molar-refractivity contribution >= 4 is 28.1 Å². The summed E-state index contributed by atoms with van der Waals surface area (Å²) in [6.45, 7) is 6.65. The molecule has 0 saturated heterocycles. The zero-order valence-corrected chi connectivity index (χ0v) is 22.8. The highest BCUT2D eigenvalue weighted by atomic mass is 32.1. The molecule has 1 fully saturated rings. The number of hydrogen-bond acceptors (Lipinski definition) is 7. The molecular weight excluding hydrogens is 474 g/mol. The number of anilines is 2. The molecule has 1 saturated carbocycles. The molecule has 1 heterocycles. The Bertz CT molecular complexity index is 1160. The topological polar surface area (TPSA) is 83.9 Å². The number of fused-ring (bicyclic) bond motifs is 2. The number of ether oxygens (including phenoxy) is 2. The van der Waals surface area contributed by atoms with E-state index in [1.54, 1.807) is 37.5 Å². The SMILES string of the molecule is C#CCN(C)C(=O)[C@@H](C)[C@@H]1CC[C@@]2(C)Cc3sc(Nc4cc(OC)ccc4OC)nc3[C@@H](C)[C@@H]2[C@H]1O. The first-order chi connectivity index (χ1) is 17.1. The zero-order chi connectivity index (χ0) is 26.2. The van der Waals surface area contributed by atoms with Gasteiger partial charge in [0.25, 0.3) is 0 Å². The van der Waals surface area contributed by atoms with Gasteiger partial charge in [0.15, 0.2) is 5.13 Å². The van der Waals surface area contributed by atoms with Gasteiger partial charge in [-0.05, 0) is 48.6 Å². The van der Waals surface area contributed by atoms with Crippen molar-refractivity contribution in [2.75, 3.05) is 33.1 Å². The molecule has 2 aliphatic rings. The van der Waals surface area contributed by atoms with E-state index in [0.717, 1.165) is 41.5 Å². The number of amides is 1. The van der Waals surface area contributed by atoms with Crippen LogP contribution in [0.4, 0.5) is 10.8 Å². The minimum absolute atomic E-state index is 0.00265. The molecule has 2 N–H and O–H groups in total. The van der Waals surface area contributed by atoms with Gasteiger partial charge in [0.2, 0.25) is 5.91 Å². The van der Waals surface area contributed by atoms with Crippen LogP contribution < -0.4 is 14.8 Å². The van der Waals surface area contributed by atoms with E-state index in [1.165, 1.54) is 4.88 Å². The van der Waals surface area contributed by atoms with E-state index < -0.39 is 6.10 Å².